The first kappa shape index (κ1) is 17.0. The zero-order valence-corrected chi connectivity index (χ0v) is 14.2. The Balaban J connectivity index is 1.44. The standard InChI is InChI=1S/C21H27NO2/c23-21(19-9-4-14-22-16-19)18-10-12-20(13-11-18)24-15-5-8-17-6-2-1-3-7-17/h4,9-14,16-17,21,23H,1-3,5-8,15H2. The normalized spacial score (nSPS) is 16.7. The molecule has 1 fully saturated rings. The number of ether oxygens (including phenoxy) is 1. The SMILES string of the molecule is OC(c1ccc(OCCCC2CCCCC2)cc1)c1cccnc1. The highest BCUT2D eigenvalue weighted by Gasteiger charge is 2.13. The molecule has 3 rings (SSSR count). The Bertz CT molecular complexity index is 591. The third-order valence-corrected chi connectivity index (χ3v) is 4.95. The van der Waals surface area contributed by atoms with E-state index in [-0.39, 0.29) is 0 Å². The molecule has 0 radical (unpaired) electrons. The molecule has 0 spiro atoms. The molecule has 1 saturated carbocycles. The molecule has 1 aliphatic rings. The van der Waals surface area contributed by atoms with Crippen LogP contribution in [0.15, 0.2) is 48.8 Å². The fourth-order valence-corrected chi connectivity index (χ4v) is 3.51. The van der Waals surface area contributed by atoms with Gasteiger partial charge in [-0.2, -0.15) is 0 Å². The molecular weight excluding hydrogens is 298 g/mol. The molecule has 0 amide bonds. The molecule has 1 N–H and O–H groups in total. The summed E-state index contributed by atoms with van der Waals surface area (Å²) in [5.74, 6) is 1.79. The predicted molar refractivity (Wildman–Crippen MR) is 96.0 cm³/mol. The average Bonchev–Trinajstić information content (AvgIpc) is 2.67. The van der Waals surface area contributed by atoms with Gasteiger partial charge in [0.25, 0.3) is 0 Å². The number of aliphatic hydroxyl groups excluding tert-OH is 1. The van der Waals surface area contributed by atoms with Crippen LogP contribution in [0.4, 0.5) is 0 Å². The van der Waals surface area contributed by atoms with Crippen LogP contribution in [0.1, 0.15) is 62.2 Å². The summed E-state index contributed by atoms with van der Waals surface area (Å²) in [6.07, 6.45) is 12.2. The van der Waals surface area contributed by atoms with Gasteiger partial charge in [-0.1, -0.05) is 50.3 Å². The molecule has 3 heteroatoms. The Kier molecular flexibility index (Phi) is 6.25. The second kappa shape index (κ2) is 8.84. The fraction of sp³-hybridized carbons (Fsp3) is 0.476. The van der Waals surface area contributed by atoms with Crippen LogP contribution in [0.3, 0.4) is 0 Å². The van der Waals surface area contributed by atoms with E-state index < -0.39 is 6.10 Å². The van der Waals surface area contributed by atoms with E-state index in [1.165, 1.54) is 38.5 Å². The topological polar surface area (TPSA) is 42.4 Å². The van der Waals surface area contributed by atoms with Crippen molar-refractivity contribution in [1.29, 1.82) is 0 Å². The lowest BCUT2D eigenvalue weighted by Crippen LogP contribution is -2.08. The van der Waals surface area contributed by atoms with Gasteiger partial charge < -0.3 is 9.84 Å². The molecule has 1 aromatic carbocycles. The van der Waals surface area contributed by atoms with Crippen LogP contribution in [0.25, 0.3) is 0 Å². The van der Waals surface area contributed by atoms with Gasteiger partial charge in [0.05, 0.1) is 6.61 Å². The number of nitrogens with zero attached hydrogens (tertiary/aromatic N) is 1. The van der Waals surface area contributed by atoms with Crippen LogP contribution in [-0.4, -0.2) is 16.7 Å². The van der Waals surface area contributed by atoms with Gasteiger partial charge in [0, 0.05) is 18.0 Å². The predicted octanol–water partition coefficient (Wildman–Crippen LogP) is 4.90. The monoisotopic (exact) mass is 325 g/mol. The zero-order chi connectivity index (χ0) is 16.6. The number of hydrogen-bond acceptors (Lipinski definition) is 3. The number of benzene rings is 1. The third-order valence-electron chi connectivity index (χ3n) is 4.95. The van der Waals surface area contributed by atoms with Crippen LogP contribution in [-0.2, 0) is 0 Å². The van der Waals surface area contributed by atoms with Crippen molar-refractivity contribution in [1.82, 2.24) is 4.98 Å². The molecule has 1 unspecified atom stereocenters. The number of pyridine rings is 1. The summed E-state index contributed by atoms with van der Waals surface area (Å²) < 4.78 is 5.84. The Morgan fingerprint density at radius 3 is 2.54 bits per heavy atom. The third kappa shape index (κ3) is 4.81. The summed E-state index contributed by atoms with van der Waals surface area (Å²) in [5, 5.41) is 10.4. The van der Waals surface area contributed by atoms with Crippen molar-refractivity contribution in [3.05, 3.63) is 59.9 Å². The van der Waals surface area contributed by atoms with Gasteiger partial charge in [0.1, 0.15) is 11.9 Å². The molecule has 1 atom stereocenters. The van der Waals surface area contributed by atoms with Crippen LogP contribution >= 0.6 is 0 Å². The maximum atomic E-state index is 10.4. The van der Waals surface area contributed by atoms with E-state index in [0.717, 1.165) is 35.8 Å². The highest BCUT2D eigenvalue weighted by molar-refractivity contribution is 5.33. The van der Waals surface area contributed by atoms with Gasteiger partial charge in [0.15, 0.2) is 0 Å². The summed E-state index contributed by atoms with van der Waals surface area (Å²) in [5.41, 5.74) is 1.66. The lowest BCUT2D eigenvalue weighted by Gasteiger charge is -2.21. The van der Waals surface area contributed by atoms with Gasteiger partial charge in [-0.05, 0) is 42.5 Å². The van der Waals surface area contributed by atoms with Gasteiger partial charge in [-0.3, -0.25) is 4.98 Å². The largest absolute Gasteiger partial charge is 0.494 e. The smallest absolute Gasteiger partial charge is 0.119 e. The average molecular weight is 325 g/mol. The molecule has 128 valence electrons. The van der Waals surface area contributed by atoms with Crippen molar-refractivity contribution in [2.24, 2.45) is 5.92 Å². The quantitative estimate of drug-likeness (QED) is 0.736. The molecule has 24 heavy (non-hydrogen) atoms. The number of rotatable bonds is 7. The minimum absolute atomic E-state index is 0.640. The first-order valence-electron chi connectivity index (χ1n) is 9.13. The summed E-state index contributed by atoms with van der Waals surface area (Å²) in [6, 6.07) is 11.4. The van der Waals surface area contributed by atoms with Crippen molar-refractivity contribution in [3.8, 4) is 5.75 Å². The number of hydrogen-bond donors (Lipinski definition) is 1. The van der Waals surface area contributed by atoms with Crippen molar-refractivity contribution >= 4 is 0 Å². The summed E-state index contributed by atoms with van der Waals surface area (Å²) >= 11 is 0. The summed E-state index contributed by atoms with van der Waals surface area (Å²) in [4.78, 5) is 4.05. The van der Waals surface area contributed by atoms with Crippen molar-refractivity contribution in [2.75, 3.05) is 6.61 Å². The molecule has 1 aromatic heterocycles. The Morgan fingerprint density at radius 1 is 1.04 bits per heavy atom. The maximum Gasteiger partial charge on any atom is 0.119 e. The zero-order valence-electron chi connectivity index (χ0n) is 14.2. The molecule has 1 aliphatic carbocycles. The molecule has 0 aliphatic heterocycles. The van der Waals surface area contributed by atoms with Crippen LogP contribution < -0.4 is 4.74 Å². The minimum Gasteiger partial charge on any atom is -0.494 e. The molecule has 0 saturated heterocycles. The first-order valence-corrected chi connectivity index (χ1v) is 9.13. The van der Waals surface area contributed by atoms with Crippen molar-refractivity contribution in [2.45, 2.75) is 51.0 Å². The minimum atomic E-state index is -0.640. The van der Waals surface area contributed by atoms with E-state index in [4.69, 9.17) is 4.74 Å². The van der Waals surface area contributed by atoms with Crippen molar-refractivity contribution in [3.63, 3.8) is 0 Å². The van der Waals surface area contributed by atoms with Gasteiger partial charge in [-0.25, -0.2) is 0 Å². The van der Waals surface area contributed by atoms with E-state index in [1.807, 2.05) is 36.4 Å². The van der Waals surface area contributed by atoms with Crippen LogP contribution in [0.2, 0.25) is 0 Å². The van der Waals surface area contributed by atoms with Gasteiger partial charge >= 0.3 is 0 Å². The number of aliphatic hydroxyl groups is 1. The Hall–Kier alpha value is -1.87. The van der Waals surface area contributed by atoms with Crippen LogP contribution in [0.5, 0.6) is 5.75 Å². The summed E-state index contributed by atoms with van der Waals surface area (Å²) in [6.45, 7) is 0.779. The Morgan fingerprint density at radius 2 is 1.83 bits per heavy atom. The van der Waals surface area contributed by atoms with Crippen molar-refractivity contribution < 1.29 is 9.84 Å². The van der Waals surface area contributed by atoms with Gasteiger partial charge in [0.2, 0.25) is 0 Å². The van der Waals surface area contributed by atoms with E-state index in [2.05, 4.69) is 4.98 Å². The lowest BCUT2D eigenvalue weighted by molar-refractivity contribution is 0.219. The number of aromatic nitrogens is 1. The second-order valence-electron chi connectivity index (χ2n) is 6.75. The van der Waals surface area contributed by atoms with E-state index in [9.17, 15) is 5.11 Å². The highest BCUT2D eigenvalue weighted by Crippen LogP contribution is 2.27. The first-order chi connectivity index (χ1) is 11.8. The van der Waals surface area contributed by atoms with Gasteiger partial charge in [-0.15, -0.1) is 0 Å². The maximum absolute atomic E-state index is 10.4. The van der Waals surface area contributed by atoms with Crippen LogP contribution in [0, 0.1) is 5.92 Å². The second-order valence-corrected chi connectivity index (χ2v) is 6.75. The van der Waals surface area contributed by atoms with E-state index >= 15 is 0 Å². The molecule has 0 bridgehead atoms. The fourth-order valence-electron chi connectivity index (χ4n) is 3.51. The van der Waals surface area contributed by atoms with E-state index in [1.54, 1.807) is 12.4 Å². The molecule has 2 aromatic rings. The molecule has 1 heterocycles. The lowest BCUT2D eigenvalue weighted by atomic mass is 9.86. The summed E-state index contributed by atoms with van der Waals surface area (Å²) in [7, 11) is 0. The molecule has 3 nitrogen and oxygen atoms in total. The van der Waals surface area contributed by atoms with E-state index in [0.29, 0.717) is 0 Å². The molecular formula is C21H27NO2. The highest BCUT2D eigenvalue weighted by atomic mass is 16.5. The Labute approximate surface area is 144 Å².